The lowest BCUT2D eigenvalue weighted by Crippen LogP contribution is -2.54. The molecule has 0 bridgehead atoms. The molecule has 0 aromatic carbocycles. The number of rotatable bonds is 42. The first-order chi connectivity index (χ1) is 49.2. The Morgan fingerprint density at radius 3 is 1.28 bits per heavy atom. The van der Waals surface area contributed by atoms with Crippen LogP contribution in [0, 0.1) is 5.92 Å². The van der Waals surface area contributed by atoms with E-state index < -0.39 is 129 Å². The van der Waals surface area contributed by atoms with Gasteiger partial charge in [-0.25, -0.2) is 4.79 Å². The van der Waals surface area contributed by atoms with E-state index in [1.807, 2.05) is 38.2 Å². The predicted octanol–water partition coefficient (Wildman–Crippen LogP) is -0.744. The second-order valence-electron chi connectivity index (χ2n) is 27.5. The first kappa shape index (κ1) is 81.4. The Morgan fingerprint density at radius 2 is 0.864 bits per heavy atom. The summed E-state index contributed by atoms with van der Waals surface area (Å²) in [6, 6.07) is -2.66. The number of piperidine rings is 3. The van der Waals surface area contributed by atoms with Gasteiger partial charge in [-0.15, -0.1) is 0 Å². The Kier molecular flexibility index (Phi) is 31.9. The Bertz CT molecular complexity index is 3150. The van der Waals surface area contributed by atoms with Crippen molar-refractivity contribution < 1.29 is 79.0 Å². The molecule has 7 fully saturated rings. The molecular formula is C64H104N18O17S4. The molecule has 1 aromatic rings. The maximum absolute atomic E-state index is 14.0. The molecule has 7 aliphatic rings. The van der Waals surface area contributed by atoms with Gasteiger partial charge in [0.15, 0.2) is 0 Å². The zero-order valence-electron chi connectivity index (χ0n) is 58.3. The van der Waals surface area contributed by atoms with Gasteiger partial charge in [-0.05, 0) is 89.9 Å². The van der Waals surface area contributed by atoms with E-state index in [-0.39, 0.29) is 42.8 Å². The summed E-state index contributed by atoms with van der Waals surface area (Å²) in [6.07, 6.45) is 10.5. The molecule has 103 heavy (non-hydrogen) atoms. The number of unbranched alkanes of at least 4 members (excludes halogenated alkanes) is 6. The minimum absolute atomic E-state index is 0.0133. The number of hydrogen-bond donors (Lipinski definition) is 15. The monoisotopic (exact) mass is 1520 g/mol. The Hall–Kier alpha value is -7.23. The van der Waals surface area contributed by atoms with Crippen molar-refractivity contribution in [3.8, 4) is 0 Å². The number of nitrogens with one attached hydrogen (secondary N) is 12. The first-order valence-electron chi connectivity index (χ1n) is 36.1. The molecule has 1 aromatic heterocycles. The molecule has 15 N–H and O–H groups in total. The Morgan fingerprint density at radius 1 is 0.485 bits per heavy atom. The van der Waals surface area contributed by atoms with E-state index in [1.165, 1.54) is 0 Å². The molecule has 8 rings (SSSR count). The lowest BCUT2D eigenvalue weighted by atomic mass is 9.97. The van der Waals surface area contributed by atoms with Crippen LogP contribution in [0.3, 0.4) is 0 Å². The molecule has 10 amide bonds. The summed E-state index contributed by atoms with van der Waals surface area (Å²) in [7, 11) is -8.81. The molecule has 35 nitrogen and oxygen atoms in total. The van der Waals surface area contributed by atoms with Crippen molar-refractivity contribution in [1.29, 1.82) is 0 Å². The molecule has 0 saturated carbocycles. The minimum atomic E-state index is -4.41. The minimum Gasteiger partial charge on any atom is -0.481 e. The average Bonchev–Trinajstić information content (AvgIpc) is 1.77. The van der Waals surface area contributed by atoms with Crippen LogP contribution in [0.15, 0.2) is 12.4 Å². The van der Waals surface area contributed by atoms with Crippen molar-refractivity contribution in [3.63, 3.8) is 0 Å². The number of thioether (sulfide) groups is 2. The van der Waals surface area contributed by atoms with Crippen LogP contribution in [0.4, 0.5) is 22.6 Å². The summed E-state index contributed by atoms with van der Waals surface area (Å²) in [5.41, 5.74) is 0. The van der Waals surface area contributed by atoms with E-state index in [4.69, 9.17) is 15.0 Å². The van der Waals surface area contributed by atoms with Crippen LogP contribution in [0.1, 0.15) is 154 Å². The van der Waals surface area contributed by atoms with E-state index in [0.29, 0.717) is 183 Å². The molecular weight excluding hydrogens is 1420 g/mol. The summed E-state index contributed by atoms with van der Waals surface area (Å²) in [5.74, 6) is -3.09. The summed E-state index contributed by atoms with van der Waals surface area (Å²) < 4.78 is 63.8. The highest BCUT2D eigenvalue weighted by Crippen LogP contribution is 2.35. The van der Waals surface area contributed by atoms with Gasteiger partial charge < -0.3 is 83.6 Å². The topological polar surface area (TPSA) is 492 Å². The third-order valence-corrected chi connectivity index (χ3v) is 23.9. The lowest BCUT2D eigenvalue weighted by molar-refractivity contribution is -0.142. The maximum Gasteiger partial charge on any atom is 0.315 e. The van der Waals surface area contributed by atoms with E-state index in [9.17, 15) is 79.0 Å². The van der Waals surface area contributed by atoms with Gasteiger partial charge in [0.1, 0.15) is 12.1 Å². The number of carboxylic acids is 1. The second-order valence-corrected chi connectivity index (χ2v) is 33.2. The van der Waals surface area contributed by atoms with Crippen molar-refractivity contribution >= 4 is 121 Å². The number of urea groups is 1. The summed E-state index contributed by atoms with van der Waals surface area (Å²) in [5, 5.41) is 45.1. The third kappa shape index (κ3) is 28.0. The fourth-order valence-corrected chi connectivity index (χ4v) is 17.5. The fraction of sp³-hybridized carbons (Fsp3) is 0.766. The van der Waals surface area contributed by atoms with Crippen molar-refractivity contribution in [2.24, 2.45) is 5.92 Å². The fourth-order valence-electron chi connectivity index (χ4n) is 13.7. The molecule has 576 valence electrons. The molecule has 8 atom stereocenters. The van der Waals surface area contributed by atoms with Gasteiger partial charge in [-0.2, -0.15) is 55.3 Å². The average molecular weight is 1530 g/mol. The predicted molar refractivity (Wildman–Crippen MR) is 386 cm³/mol. The van der Waals surface area contributed by atoms with Gasteiger partial charge in [-0.1, -0.05) is 32.3 Å². The van der Waals surface area contributed by atoms with Crippen molar-refractivity contribution in [2.75, 3.05) is 103 Å². The number of anilines is 3. The van der Waals surface area contributed by atoms with Gasteiger partial charge >= 0.3 is 12.0 Å². The standard InChI is InChI=1S/C64H104N18O17S4/c1-40-69-46-38-100-48(56(46)70-40)12-6-8-14-50(83)65-24-10-2-4-16-52(85)73-44(36-54(87)67-26-34-102(94,95)96)58(89)71-42-20-30-81(31-21-42)62-77-61(80-28-18-41(19-29-80)60(91)92)78-63(79-62)82-32-22-43(23-33-82)72-59(90)45(37-55(88)68-27-35-103(97,98)99)74-53(86)17-5-3-11-25-66-51(84)15-9-7-13-49-57-47(39-101-49)75-64(93)76-57/h41-49,56-57,69-70H,1-39H2,(H,65,83)(H,66,84)(H,67,87)(H,68,88)(H,71,89)(H,72,90)(H,73,85)(H,74,86)(H,91,92)(H2,75,76,93)(H,94,95,96)(H,97,98,99)/t44?,45?,46-,47+,48?,49+,56-,57+/m0/s1. The van der Waals surface area contributed by atoms with Crippen molar-refractivity contribution in [2.45, 2.75) is 213 Å². The quantitative estimate of drug-likeness (QED) is 0.0218. The number of carboxylic acid groups (broad SMARTS) is 1. The molecule has 7 saturated heterocycles. The maximum atomic E-state index is 14.0. The normalized spacial score (nSPS) is 22.1. The highest BCUT2D eigenvalue weighted by molar-refractivity contribution is 8.00. The molecule has 0 spiro atoms. The third-order valence-electron chi connectivity index (χ3n) is 19.5. The van der Waals surface area contributed by atoms with Crippen LogP contribution < -0.4 is 78.5 Å². The first-order valence-corrected chi connectivity index (χ1v) is 41.4. The zero-order chi connectivity index (χ0) is 74.1. The largest absolute Gasteiger partial charge is 0.481 e. The number of amides is 10. The highest BCUT2D eigenvalue weighted by Gasteiger charge is 2.43. The number of aromatic nitrogens is 3. The number of aliphatic carboxylic acids is 1. The van der Waals surface area contributed by atoms with Crippen LogP contribution in [-0.4, -0.2) is 253 Å². The van der Waals surface area contributed by atoms with Gasteiger partial charge in [-0.3, -0.25) is 52.3 Å². The number of carbonyl (C=O) groups excluding carboxylic acids is 9. The van der Waals surface area contributed by atoms with E-state index >= 15 is 0 Å². The van der Waals surface area contributed by atoms with Gasteiger partial charge in [0.25, 0.3) is 20.2 Å². The van der Waals surface area contributed by atoms with Crippen molar-refractivity contribution in [3.05, 3.63) is 12.4 Å². The summed E-state index contributed by atoms with van der Waals surface area (Å²) >= 11 is 3.77. The Labute approximate surface area is 609 Å². The number of hydrogen-bond acceptors (Lipinski definition) is 24. The van der Waals surface area contributed by atoms with Gasteiger partial charge in [0, 0.05) is 125 Å². The van der Waals surface area contributed by atoms with Crippen LogP contribution in [0.25, 0.3) is 0 Å². The SMILES string of the molecule is C=C1N[C@H]2CSC(CCCCC(=O)NCCCCCC(=O)NC(CC(=O)NCCS(=O)(=O)O)C(=O)NC3CCN(c4nc(N5CCC(NC(=O)C(CC(=O)NCCS(=O)(=O)O)NC(=O)CCCCCNC(=O)CCCC[C@H]6SC[C@H]7NC(=O)N[C@H]76)CC5)nc(N5CCC(C(=O)O)CC5)n4)CC3)[C@H]2N1. The molecule has 7 aliphatic heterocycles. The number of carbonyl (C=O) groups is 10. The zero-order valence-corrected chi connectivity index (χ0v) is 61.6. The van der Waals surface area contributed by atoms with E-state index in [0.717, 1.165) is 55.9 Å². The molecule has 8 heterocycles. The lowest BCUT2D eigenvalue weighted by Gasteiger charge is -2.36. The van der Waals surface area contributed by atoms with Crippen LogP contribution in [0.5, 0.6) is 0 Å². The van der Waals surface area contributed by atoms with Gasteiger partial charge in [0.05, 0.1) is 60.3 Å². The smallest absolute Gasteiger partial charge is 0.315 e. The Balaban J connectivity index is 0.793. The van der Waals surface area contributed by atoms with E-state index in [1.54, 1.807) is 0 Å². The van der Waals surface area contributed by atoms with Crippen LogP contribution in [0.2, 0.25) is 0 Å². The van der Waals surface area contributed by atoms with Crippen LogP contribution in [-0.2, 0) is 63.4 Å². The molecule has 0 radical (unpaired) electrons. The second kappa shape index (κ2) is 40.3. The number of fused-ring (bicyclic) bond motifs is 2. The molecule has 3 unspecified atom stereocenters. The molecule has 39 heteroatoms. The van der Waals surface area contributed by atoms with Crippen molar-refractivity contribution in [1.82, 2.24) is 78.8 Å². The number of nitrogens with zero attached hydrogens (tertiary/aromatic N) is 6. The van der Waals surface area contributed by atoms with E-state index in [2.05, 4.69) is 70.4 Å². The molecule has 0 aliphatic carbocycles. The summed E-state index contributed by atoms with van der Waals surface area (Å²) in [6.45, 7) is 6.03. The van der Waals surface area contributed by atoms with Gasteiger partial charge in [0.2, 0.25) is 65.1 Å². The highest BCUT2D eigenvalue weighted by atomic mass is 32.2. The summed E-state index contributed by atoms with van der Waals surface area (Å²) in [4.78, 5) is 150. The van der Waals surface area contributed by atoms with Crippen LogP contribution >= 0.6 is 23.5 Å².